The van der Waals surface area contributed by atoms with Crippen LogP contribution in [0.25, 0.3) is 0 Å². The van der Waals surface area contributed by atoms with Crippen LogP contribution in [0.15, 0.2) is 36.9 Å². The van der Waals surface area contributed by atoms with E-state index >= 15 is 0 Å². The number of pyridine rings is 1. The molecule has 0 bridgehead atoms. The predicted octanol–water partition coefficient (Wildman–Crippen LogP) is 1.29. The van der Waals surface area contributed by atoms with E-state index in [0.717, 1.165) is 5.69 Å². The van der Waals surface area contributed by atoms with E-state index in [1.807, 2.05) is 36.6 Å². The molecule has 2 N–H and O–H groups in total. The van der Waals surface area contributed by atoms with Crippen molar-refractivity contribution in [2.75, 3.05) is 6.54 Å². The maximum atomic E-state index is 12.6. The van der Waals surface area contributed by atoms with Gasteiger partial charge in [0.25, 0.3) is 5.91 Å². The molecular formula is C15H21N5O. The number of amides is 1. The molecule has 0 aromatic carbocycles. The summed E-state index contributed by atoms with van der Waals surface area (Å²) in [5.41, 5.74) is 6.80. The lowest BCUT2D eigenvalue weighted by molar-refractivity contribution is 0.0682. The predicted molar refractivity (Wildman–Crippen MR) is 80.5 cm³/mol. The molecule has 0 radical (unpaired) electrons. The van der Waals surface area contributed by atoms with Gasteiger partial charge in [-0.25, -0.2) is 4.98 Å². The summed E-state index contributed by atoms with van der Waals surface area (Å²) in [7, 11) is 0. The van der Waals surface area contributed by atoms with Crippen molar-refractivity contribution >= 4 is 5.91 Å². The van der Waals surface area contributed by atoms with Crippen LogP contribution in [0.5, 0.6) is 0 Å². The van der Waals surface area contributed by atoms with Crippen LogP contribution in [0.3, 0.4) is 0 Å². The van der Waals surface area contributed by atoms with E-state index in [0.29, 0.717) is 25.3 Å². The van der Waals surface area contributed by atoms with Crippen molar-refractivity contribution in [3.05, 3.63) is 48.3 Å². The topological polar surface area (TPSA) is 77.0 Å². The van der Waals surface area contributed by atoms with Gasteiger partial charge >= 0.3 is 0 Å². The molecule has 2 aromatic rings. The second-order valence-electron chi connectivity index (χ2n) is 5.13. The fourth-order valence-corrected chi connectivity index (χ4v) is 2.04. The van der Waals surface area contributed by atoms with Crippen molar-refractivity contribution in [2.24, 2.45) is 5.73 Å². The third kappa shape index (κ3) is 3.88. The zero-order valence-corrected chi connectivity index (χ0v) is 12.4. The Morgan fingerprint density at radius 2 is 2.19 bits per heavy atom. The van der Waals surface area contributed by atoms with Gasteiger partial charge in [0, 0.05) is 31.5 Å². The second-order valence-corrected chi connectivity index (χ2v) is 5.13. The fourth-order valence-electron chi connectivity index (χ4n) is 2.04. The molecule has 0 saturated carbocycles. The molecular weight excluding hydrogens is 266 g/mol. The molecule has 0 aliphatic heterocycles. The Labute approximate surface area is 124 Å². The van der Waals surface area contributed by atoms with Crippen LogP contribution in [0.1, 0.15) is 30.0 Å². The van der Waals surface area contributed by atoms with Crippen LogP contribution in [-0.4, -0.2) is 37.9 Å². The smallest absolute Gasteiger partial charge is 0.274 e. The molecule has 0 spiro atoms. The van der Waals surface area contributed by atoms with E-state index < -0.39 is 0 Å². The van der Waals surface area contributed by atoms with Gasteiger partial charge in [-0.05, 0) is 26.0 Å². The molecule has 112 valence electrons. The summed E-state index contributed by atoms with van der Waals surface area (Å²) in [6, 6.07) is 5.76. The summed E-state index contributed by atoms with van der Waals surface area (Å²) in [6.07, 6.45) is 5.11. The highest BCUT2D eigenvalue weighted by molar-refractivity contribution is 5.92. The summed E-state index contributed by atoms with van der Waals surface area (Å²) in [5.74, 6) is -0.0913. The first kappa shape index (κ1) is 15.2. The third-order valence-electron chi connectivity index (χ3n) is 3.18. The highest BCUT2D eigenvalue weighted by Gasteiger charge is 2.21. The van der Waals surface area contributed by atoms with Gasteiger partial charge in [-0.3, -0.25) is 9.78 Å². The van der Waals surface area contributed by atoms with E-state index in [1.54, 1.807) is 23.6 Å². The summed E-state index contributed by atoms with van der Waals surface area (Å²) in [5, 5.41) is 0. The van der Waals surface area contributed by atoms with Crippen molar-refractivity contribution in [3.8, 4) is 0 Å². The van der Waals surface area contributed by atoms with Gasteiger partial charge in [-0.15, -0.1) is 0 Å². The summed E-state index contributed by atoms with van der Waals surface area (Å²) in [6.45, 7) is 5.62. The number of aromatic nitrogens is 3. The Morgan fingerprint density at radius 1 is 1.38 bits per heavy atom. The third-order valence-corrected chi connectivity index (χ3v) is 3.18. The number of carbonyl (C=O) groups is 1. The maximum Gasteiger partial charge on any atom is 0.274 e. The van der Waals surface area contributed by atoms with Crippen LogP contribution in [0.2, 0.25) is 0 Å². The van der Waals surface area contributed by atoms with Crippen molar-refractivity contribution in [2.45, 2.75) is 33.0 Å². The number of rotatable bonds is 6. The van der Waals surface area contributed by atoms with Crippen molar-refractivity contribution in [1.29, 1.82) is 0 Å². The van der Waals surface area contributed by atoms with Gasteiger partial charge in [0.05, 0.1) is 18.6 Å². The Bertz CT molecular complexity index is 579. The highest BCUT2D eigenvalue weighted by Crippen LogP contribution is 2.11. The van der Waals surface area contributed by atoms with E-state index in [9.17, 15) is 4.79 Å². The zero-order chi connectivity index (χ0) is 15.2. The van der Waals surface area contributed by atoms with Crippen LogP contribution in [0.4, 0.5) is 0 Å². The van der Waals surface area contributed by atoms with Gasteiger partial charge in [0.15, 0.2) is 0 Å². The maximum absolute atomic E-state index is 12.6. The molecule has 2 aromatic heterocycles. The van der Waals surface area contributed by atoms with Crippen molar-refractivity contribution in [3.63, 3.8) is 0 Å². The monoisotopic (exact) mass is 287 g/mol. The van der Waals surface area contributed by atoms with Gasteiger partial charge in [-0.2, -0.15) is 0 Å². The summed E-state index contributed by atoms with van der Waals surface area (Å²) in [4.78, 5) is 22.8. The molecule has 6 nitrogen and oxygen atoms in total. The number of nitrogens with zero attached hydrogens (tertiary/aromatic N) is 4. The highest BCUT2D eigenvalue weighted by atomic mass is 16.2. The number of hydrogen-bond donors (Lipinski definition) is 1. The first-order valence-corrected chi connectivity index (χ1v) is 7.04. The summed E-state index contributed by atoms with van der Waals surface area (Å²) < 4.78 is 1.83. The van der Waals surface area contributed by atoms with Crippen LogP contribution < -0.4 is 5.73 Å². The quantitative estimate of drug-likeness (QED) is 0.868. The molecule has 21 heavy (non-hydrogen) atoms. The normalized spacial score (nSPS) is 10.9. The van der Waals surface area contributed by atoms with Crippen LogP contribution in [0, 0.1) is 0 Å². The molecule has 0 atom stereocenters. The molecule has 1 amide bonds. The van der Waals surface area contributed by atoms with Gasteiger partial charge in [0.1, 0.15) is 5.69 Å². The average molecular weight is 287 g/mol. The van der Waals surface area contributed by atoms with Crippen LogP contribution in [-0.2, 0) is 13.1 Å². The van der Waals surface area contributed by atoms with Crippen molar-refractivity contribution in [1.82, 2.24) is 19.4 Å². The number of carbonyl (C=O) groups excluding carboxylic acids is 1. The number of hydrogen-bond acceptors (Lipinski definition) is 4. The Kier molecular flexibility index (Phi) is 5.05. The van der Waals surface area contributed by atoms with Gasteiger partial charge in [0.2, 0.25) is 0 Å². The molecule has 0 unspecified atom stereocenters. The SMILES string of the molecule is CC(C)N(Cc1ccccn1)C(=O)c1cn(CCN)cn1. The van der Waals surface area contributed by atoms with E-state index in [4.69, 9.17) is 5.73 Å². The Hall–Kier alpha value is -2.21. The fraction of sp³-hybridized carbons (Fsp3) is 0.400. The second kappa shape index (κ2) is 6.99. The van der Waals surface area contributed by atoms with Crippen LogP contribution >= 0.6 is 0 Å². The zero-order valence-electron chi connectivity index (χ0n) is 12.4. The molecule has 6 heteroatoms. The largest absolute Gasteiger partial charge is 0.335 e. The van der Waals surface area contributed by atoms with Crippen molar-refractivity contribution < 1.29 is 4.79 Å². The molecule has 2 rings (SSSR count). The molecule has 2 heterocycles. The lowest BCUT2D eigenvalue weighted by Crippen LogP contribution is -2.36. The molecule has 0 fully saturated rings. The van der Waals surface area contributed by atoms with Gasteiger partial charge in [-0.1, -0.05) is 6.07 Å². The molecule has 0 saturated heterocycles. The van der Waals surface area contributed by atoms with E-state index in [1.165, 1.54) is 0 Å². The minimum atomic E-state index is -0.0913. The Balaban J connectivity index is 2.15. The first-order valence-electron chi connectivity index (χ1n) is 7.04. The first-order chi connectivity index (χ1) is 10.1. The molecule has 0 aliphatic carbocycles. The number of nitrogens with two attached hydrogens (primary N) is 1. The minimum absolute atomic E-state index is 0.0687. The minimum Gasteiger partial charge on any atom is -0.335 e. The van der Waals surface area contributed by atoms with E-state index in [-0.39, 0.29) is 11.9 Å². The van der Waals surface area contributed by atoms with E-state index in [2.05, 4.69) is 9.97 Å². The standard InChI is InChI=1S/C15H21N5O/c1-12(2)20(9-13-5-3-4-7-17-13)15(21)14-10-19(8-6-16)11-18-14/h3-5,7,10-12H,6,8-9,16H2,1-2H3. The lowest BCUT2D eigenvalue weighted by atomic mass is 10.2. The molecule has 0 aliphatic rings. The lowest BCUT2D eigenvalue weighted by Gasteiger charge is -2.25. The summed E-state index contributed by atoms with van der Waals surface area (Å²) >= 11 is 0. The number of imidazole rings is 1. The average Bonchev–Trinajstić information content (AvgIpc) is 2.94. The van der Waals surface area contributed by atoms with Gasteiger partial charge < -0.3 is 15.2 Å². The Morgan fingerprint density at radius 3 is 2.81 bits per heavy atom.